The van der Waals surface area contributed by atoms with Crippen LogP contribution < -0.4 is 10.1 Å². The minimum Gasteiger partial charge on any atom is -0.487 e. The van der Waals surface area contributed by atoms with E-state index in [0.717, 1.165) is 36.4 Å². The molecule has 0 radical (unpaired) electrons. The van der Waals surface area contributed by atoms with Crippen LogP contribution in [-0.2, 0) is 6.54 Å². The first-order valence-electron chi connectivity index (χ1n) is 6.82. The quantitative estimate of drug-likeness (QED) is 0.712. The summed E-state index contributed by atoms with van der Waals surface area (Å²) in [5, 5.41) is 4.07. The smallest absolute Gasteiger partial charge is 0.142 e. The van der Waals surface area contributed by atoms with Gasteiger partial charge in [-0.05, 0) is 30.5 Å². The Morgan fingerprint density at radius 3 is 2.79 bits per heavy atom. The highest BCUT2D eigenvalue weighted by atomic mass is 35.5. The van der Waals surface area contributed by atoms with Crippen LogP contribution in [0.2, 0.25) is 5.02 Å². The van der Waals surface area contributed by atoms with Crippen molar-refractivity contribution in [3.8, 4) is 5.75 Å². The van der Waals surface area contributed by atoms with E-state index in [2.05, 4.69) is 32.7 Å². The van der Waals surface area contributed by atoms with Gasteiger partial charge in [0.05, 0.1) is 5.02 Å². The van der Waals surface area contributed by atoms with E-state index < -0.39 is 0 Å². The second-order valence-electron chi connectivity index (χ2n) is 5.15. The lowest BCUT2D eigenvalue weighted by atomic mass is 10.1. The molecule has 0 aliphatic rings. The van der Waals surface area contributed by atoms with Crippen LogP contribution in [-0.4, -0.2) is 13.2 Å². The number of hydrogen-bond donors (Lipinski definition) is 1. The Morgan fingerprint density at radius 1 is 1.42 bits per heavy atom. The van der Waals surface area contributed by atoms with Crippen molar-refractivity contribution in [2.24, 2.45) is 5.92 Å². The first-order chi connectivity index (χ1) is 9.04. The zero-order valence-electron chi connectivity index (χ0n) is 12.1. The predicted molar refractivity (Wildman–Crippen MR) is 82.9 cm³/mol. The van der Waals surface area contributed by atoms with Crippen molar-refractivity contribution in [2.45, 2.75) is 33.7 Å². The van der Waals surface area contributed by atoms with Crippen LogP contribution >= 0.6 is 11.6 Å². The van der Waals surface area contributed by atoms with Crippen molar-refractivity contribution in [1.29, 1.82) is 0 Å². The lowest BCUT2D eigenvalue weighted by Gasteiger charge is -2.15. The Balaban J connectivity index is 2.68. The van der Waals surface area contributed by atoms with Gasteiger partial charge in [-0.25, -0.2) is 0 Å². The molecule has 1 aromatic rings. The average molecular weight is 282 g/mol. The van der Waals surface area contributed by atoms with Crippen LogP contribution in [0.3, 0.4) is 0 Å². The normalized spacial score (nSPS) is 10.8. The Bertz CT molecular complexity index is 415. The number of ether oxygens (including phenoxy) is 1. The summed E-state index contributed by atoms with van der Waals surface area (Å²) >= 11 is 6.22. The molecule has 3 heteroatoms. The Kier molecular flexibility index (Phi) is 6.96. The number of benzene rings is 1. The van der Waals surface area contributed by atoms with Crippen molar-refractivity contribution in [1.82, 2.24) is 5.32 Å². The number of hydrogen-bond acceptors (Lipinski definition) is 2. The van der Waals surface area contributed by atoms with E-state index in [1.165, 1.54) is 0 Å². The van der Waals surface area contributed by atoms with Gasteiger partial charge in [-0.15, -0.1) is 0 Å². The Hall–Kier alpha value is -0.990. The standard InChI is InChI=1S/C16H24ClNO/c1-5-13(4)11-19-16-14(7-6-8-15(16)17)10-18-9-12(2)3/h6-8,12,18H,4-5,9-11H2,1-3H3. The van der Waals surface area contributed by atoms with Crippen molar-refractivity contribution in [3.63, 3.8) is 0 Å². The molecular weight excluding hydrogens is 258 g/mol. The molecule has 0 amide bonds. The molecule has 0 fully saturated rings. The summed E-state index contributed by atoms with van der Waals surface area (Å²) in [6.07, 6.45) is 0.922. The van der Waals surface area contributed by atoms with Gasteiger partial charge >= 0.3 is 0 Å². The van der Waals surface area contributed by atoms with E-state index in [-0.39, 0.29) is 0 Å². The molecule has 0 heterocycles. The molecule has 0 aliphatic heterocycles. The van der Waals surface area contributed by atoms with E-state index in [4.69, 9.17) is 16.3 Å². The summed E-state index contributed by atoms with van der Waals surface area (Å²) in [7, 11) is 0. The minimum atomic E-state index is 0.525. The largest absolute Gasteiger partial charge is 0.487 e. The lowest BCUT2D eigenvalue weighted by molar-refractivity contribution is 0.344. The summed E-state index contributed by atoms with van der Waals surface area (Å²) in [5.41, 5.74) is 2.16. The number of halogens is 1. The molecule has 0 spiro atoms. The van der Waals surface area contributed by atoms with Crippen LogP contribution in [0.4, 0.5) is 0 Å². The van der Waals surface area contributed by atoms with Crippen molar-refractivity contribution in [2.75, 3.05) is 13.2 Å². The number of para-hydroxylation sites is 1. The maximum Gasteiger partial charge on any atom is 0.142 e. The first kappa shape index (κ1) is 16.1. The molecule has 1 aromatic carbocycles. The summed E-state index contributed by atoms with van der Waals surface area (Å²) in [5.74, 6) is 1.40. The lowest BCUT2D eigenvalue weighted by Crippen LogP contribution is -2.19. The summed E-state index contributed by atoms with van der Waals surface area (Å²) in [6, 6.07) is 5.86. The van der Waals surface area contributed by atoms with Crippen LogP contribution in [0.5, 0.6) is 5.75 Å². The first-order valence-corrected chi connectivity index (χ1v) is 7.20. The topological polar surface area (TPSA) is 21.3 Å². The third-order valence-corrected chi connectivity index (χ3v) is 3.13. The zero-order valence-corrected chi connectivity index (χ0v) is 12.9. The SMILES string of the molecule is C=C(CC)COc1c(Cl)cccc1CNCC(C)C. The molecule has 1 N–H and O–H groups in total. The molecule has 106 valence electrons. The molecule has 19 heavy (non-hydrogen) atoms. The second kappa shape index (κ2) is 8.23. The van der Waals surface area contributed by atoms with Gasteiger partial charge in [-0.1, -0.05) is 51.1 Å². The van der Waals surface area contributed by atoms with Crippen molar-refractivity contribution >= 4 is 11.6 Å². The van der Waals surface area contributed by atoms with Gasteiger partial charge in [0.1, 0.15) is 12.4 Å². The average Bonchev–Trinajstić information content (AvgIpc) is 2.37. The fourth-order valence-electron chi connectivity index (χ4n) is 1.63. The Morgan fingerprint density at radius 2 is 2.16 bits per heavy atom. The molecule has 0 atom stereocenters. The Labute approximate surface area is 121 Å². The van der Waals surface area contributed by atoms with E-state index in [1.54, 1.807) is 0 Å². The van der Waals surface area contributed by atoms with Gasteiger partial charge in [0, 0.05) is 12.1 Å². The minimum absolute atomic E-state index is 0.525. The third kappa shape index (κ3) is 5.66. The number of rotatable bonds is 8. The summed E-state index contributed by atoms with van der Waals surface area (Å²) < 4.78 is 5.81. The van der Waals surface area contributed by atoms with Crippen molar-refractivity contribution < 1.29 is 4.74 Å². The van der Waals surface area contributed by atoms with Gasteiger partial charge in [-0.2, -0.15) is 0 Å². The summed E-state index contributed by atoms with van der Waals surface area (Å²) in [4.78, 5) is 0. The highest BCUT2D eigenvalue weighted by Gasteiger charge is 2.08. The molecular formula is C16H24ClNO. The van der Waals surface area contributed by atoms with Crippen molar-refractivity contribution in [3.05, 3.63) is 40.9 Å². The molecule has 0 saturated heterocycles. The van der Waals surface area contributed by atoms with E-state index in [9.17, 15) is 0 Å². The molecule has 0 unspecified atom stereocenters. The van der Waals surface area contributed by atoms with Gasteiger partial charge < -0.3 is 10.1 Å². The fraction of sp³-hybridized carbons (Fsp3) is 0.500. The van der Waals surface area contributed by atoms with Gasteiger partial charge in [0.25, 0.3) is 0 Å². The summed E-state index contributed by atoms with van der Waals surface area (Å²) in [6.45, 7) is 12.7. The maximum atomic E-state index is 6.22. The van der Waals surface area contributed by atoms with E-state index in [0.29, 0.717) is 17.5 Å². The van der Waals surface area contributed by atoms with Crippen LogP contribution in [0.25, 0.3) is 0 Å². The molecule has 0 saturated carbocycles. The molecule has 1 rings (SSSR count). The van der Waals surface area contributed by atoms with Gasteiger partial charge in [-0.3, -0.25) is 0 Å². The van der Waals surface area contributed by atoms with Gasteiger partial charge in [0.15, 0.2) is 0 Å². The highest BCUT2D eigenvalue weighted by molar-refractivity contribution is 6.32. The van der Waals surface area contributed by atoms with Gasteiger partial charge in [0.2, 0.25) is 0 Å². The molecule has 0 aromatic heterocycles. The molecule has 0 bridgehead atoms. The fourth-order valence-corrected chi connectivity index (χ4v) is 1.87. The number of nitrogens with one attached hydrogen (secondary N) is 1. The van der Waals surface area contributed by atoms with E-state index >= 15 is 0 Å². The zero-order chi connectivity index (χ0) is 14.3. The van der Waals surface area contributed by atoms with Crippen LogP contribution in [0.15, 0.2) is 30.4 Å². The molecule has 2 nitrogen and oxygen atoms in total. The third-order valence-electron chi connectivity index (χ3n) is 2.84. The monoisotopic (exact) mass is 281 g/mol. The second-order valence-corrected chi connectivity index (χ2v) is 5.55. The maximum absolute atomic E-state index is 6.22. The highest BCUT2D eigenvalue weighted by Crippen LogP contribution is 2.29. The predicted octanol–water partition coefficient (Wildman–Crippen LogP) is 4.43. The van der Waals surface area contributed by atoms with E-state index in [1.807, 2.05) is 18.2 Å². The van der Waals surface area contributed by atoms with Crippen LogP contribution in [0.1, 0.15) is 32.8 Å². The van der Waals surface area contributed by atoms with Crippen LogP contribution in [0, 0.1) is 5.92 Å². The molecule has 0 aliphatic carbocycles.